The van der Waals surface area contributed by atoms with Crippen LogP contribution < -0.4 is 0 Å². The molecule has 0 aromatic heterocycles. The van der Waals surface area contributed by atoms with Gasteiger partial charge in [-0.3, -0.25) is 9.11 Å². The van der Waals surface area contributed by atoms with Gasteiger partial charge in [0.05, 0.1) is 17.4 Å². The van der Waals surface area contributed by atoms with Crippen molar-refractivity contribution in [2.45, 2.75) is 11.8 Å². The number of rotatable bonds is 5. The monoisotopic (exact) mass is 310 g/mol. The fourth-order valence-electron chi connectivity index (χ4n) is 2.27. The van der Waals surface area contributed by atoms with Gasteiger partial charge >= 0.3 is 6.09 Å². The molecule has 0 aliphatic carbocycles. The molecule has 0 N–H and O–H groups in total. The van der Waals surface area contributed by atoms with Gasteiger partial charge < -0.3 is 9.64 Å². The van der Waals surface area contributed by atoms with Gasteiger partial charge in [0.2, 0.25) is 0 Å². The van der Waals surface area contributed by atoms with Gasteiger partial charge in [0, 0.05) is 43.4 Å². The summed E-state index contributed by atoms with van der Waals surface area (Å²) >= 11 is 0. The van der Waals surface area contributed by atoms with Gasteiger partial charge in [-0.05, 0) is 19.1 Å². The minimum absolute atomic E-state index is 0.231. The predicted octanol–water partition coefficient (Wildman–Crippen LogP) is 1.57. The Bertz CT molecular complexity index is 473. The van der Waals surface area contributed by atoms with Gasteiger partial charge in [0.25, 0.3) is 0 Å². The Balaban J connectivity index is 1.72. The zero-order valence-corrected chi connectivity index (χ0v) is 13.2. The molecule has 1 fully saturated rings. The summed E-state index contributed by atoms with van der Waals surface area (Å²) in [6, 6.07) is 9.54. The molecule has 1 atom stereocenters. The summed E-state index contributed by atoms with van der Waals surface area (Å²) in [5.41, 5.74) is 0. The van der Waals surface area contributed by atoms with Gasteiger partial charge in [-0.1, -0.05) is 18.2 Å². The lowest BCUT2D eigenvalue weighted by molar-refractivity contribution is 0.0812. The van der Waals surface area contributed by atoms with Crippen LogP contribution >= 0.6 is 0 Å². The predicted molar refractivity (Wildman–Crippen MR) is 82.8 cm³/mol. The minimum atomic E-state index is -0.953. The molecular weight excluding hydrogens is 288 g/mol. The molecule has 116 valence electrons. The Kier molecular flexibility index (Phi) is 6.20. The highest BCUT2D eigenvalue weighted by molar-refractivity contribution is 7.85. The number of nitrogens with zero attached hydrogens (tertiary/aromatic N) is 2. The Morgan fingerprint density at radius 3 is 2.48 bits per heavy atom. The van der Waals surface area contributed by atoms with Crippen LogP contribution in [-0.2, 0) is 15.5 Å². The number of ether oxygens (including phenoxy) is 1. The van der Waals surface area contributed by atoms with E-state index < -0.39 is 10.8 Å². The lowest BCUT2D eigenvalue weighted by Gasteiger charge is -2.33. The first-order valence-corrected chi connectivity index (χ1v) is 8.60. The van der Waals surface area contributed by atoms with Crippen molar-refractivity contribution < 1.29 is 13.7 Å². The summed E-state index contributed by atoms with van der Waals surface area (Å²) in [6.07, 6.45) is -0.231. The van der Waals surface area contributed by atoms with Crippen LogP contribution in [0.2, 0.25) is 0 Å². The smallest absolute Gasteiger partial charge is 0.409 e. The van der Waals surface area contributed by atoms with E-state index in [4.69, 9.17) is 4.74 Å². The molecule has 1 amide bonds. The van der Waals surface area contributed by atoms with Crippen LogP contribution in [0.5, 0.6) is 0 Å². The molecule has 0 saturated carbocycles. The maximum absolute atomic E-state index is 12.1. The van der Waals surface area contributed by atoms with Gasteiger partial charge in [-0.2, -0.15) is 0 Å². The fraction of sp³-hybridized carbons (Fsp3) is 0.533. The summed E-state index contributed by atoms with van der Waals surface area (Å²) in [5, 5.41) is 0. The van der Waals surface area contributed by atoms with E-state index in [2.05, 4.69) is 4.90 Å². The summed E-state index contributed by atoms with van der Waals surface area (Å²) in [6.45, 7) is 5.99. The number of benzene rings is 1. The average Bonchev–Trinajstić information content (AvgIpc) is 2.54. The average molecular weight is 310 g/mol. The molecule has 1 aliphatic rings. The summed E-state index contributed by atoms with van der Waals surface area (Å²) < 4.78 is 17.1. The number of hydrogen-bond acceptors (Lipinski definition) is 4. The molecule has 1 aliphatic heterocycles. The molecule has 0 spiro atoms. The highest BCUT2D eigenvalue weighted by Crippen LogP contribution is 2.08. The Morgan fingerprint density at radius 2 is 1.86 bits per heavy atom. The zero-order valence-electron chi connectivity index (χ0n) is 12.4. The first kappa shape index (κ1) is 16.0. The van der Waals surface area contributed by atoms with Gasteiger partial charge in [0.15, 0.2) is 0 Å². The fourth-order valence-corrected chi connectivity index (χ4v) is 3.39. The Hall–Kier alpha value is -1.40. The number of hydrogen-bond donors (Lipinski definition) is 0. The van der Waals surface area contributed by atoms with Crippen LogP contribution in [-0.4, -0.2) is 65.2 Å². The van der Waals surface area contributed by atoms with Crippen LogP contribution in [0, 0.1) is 0 Å². The number of piperazine rings is 1. The van der Waals surface area contributed by atoms with Crippen molar-refractivity contribution in [3.63, 3.8) is 0 Å². The lowest BCUT2D eigenvalue weighted by atomic mass is 10.3. The van der Waals surface area contributed by atoms with Gasteiger partial charge in [-0.25, -0.2) is 4.79 Å². The topological polar surface area (TPSA) is 49.9 Å². The molecule has 1 saturated heterocycles. The normalized spacial score (nSPS) is 17.5. The molecule has 6 heteroatoms. The molecule has 1 aromatic carbocycles. The van der Waals surface area contributed by atoms with Crippen LogP contribution in [0.3, 0.4) is 0 Å². The number of carbonyl (C=O) groups is 1. The molecule has 0 radical (unpaired) electrons. The zero-order chi connectivity index (χ0) is 15.1. The van der Waals surface area contributed by atoms with E-state index in [0.29, 0.717) is 25.4 Å². The van der Waals surface area contributed by atoms with Crippen LogP contribution in [0.4, 0.5) is 4.79 Å². The quantitative estimate of drug-likeness (QED) is 0.828. The van der Waals surface area contributed by atoms with E-state index in [1.807, 2.05) is 37.3 Å². The minimum Gasteiger partial charge on any atom is -0.450 e. The summed E-state index contributed by atoms with van der Waals surface area (Å²) in [5.74, 6) is 0.628. The molecule has 1 heterocycles. The van der Waals surface area contributed by atoms with E-state index in [-0.39, 0.29) is 6.09 Å². The summed E-state index contributed by atoms with van der Waals surface area (Å²) in [7, 11) is -0.953. The maximum atomic E-state index is 12.1. The van der Waals surface area contributed by atoms with Crippen molar-refractivity contribution in [1.82, 2.24) is 9.80 Å². The molecule has 5 nitrogen and oxygen atoms in total. The van der Waals surface area contributed by atoms with E-state index in [1.54, 1.807) is 4.90 Å². The van der Waals surface area contributed by atoms with Crippen molar-refractivity contribution >= 4 is 16.9 Å². The number of carbonyl (C=O) groups excluding carboxylic acids is 1. The molecule has 1 unspecified atom stereocenters. The summed E-state index contributed by atoms with van der Waals surface area (Å²) in [4.78, 5) is 16.4. The molecule has 2 rings (SSSR count). The first-order chi connectivity index (χ1) is 10.2. The van der Waals surface area contributed by atoms with Crippen LogP contribution in [0.25, 0.3) is 0 Å². The third kappa shape index (κ3) is 4.82. The highest BCUT2D eigenvalue weighted by atomic mass is 32.2. The van der Waals surface area contributed by atoms with Gasteiger partial charge in [-0.15, -0.1) is 0 Å². The second kappa shape index (κ2) is 8.14. The van der Waals surface area contributed by atoms with Crippen LogP contribution in [0.15, 0.2) is 35.2 Å². The van der Waals surface area contributed by atoms with E-state index in [1.165, 1.54) is 0 Å². The second-order valence-electron chi connectivity index (χ2n) is 4.89. The third-order valence-electron chi connectivity index (χ3n) is 3.50. The van der Waals surface area contributed by atoms with Crippen molar-refractivity contribution in [2.24, 2.45) is 0 Å². The standard InChI is InChI=1S/C15H22N2O3S/c1-2-20-15(18)17-10-8-16(9-11-17)12-13-21(19)14-6-4-3-5-7-14/h3-7H,2,8-13H2,1H3. The maximum Gasteiger partial charge on any atom is 0.409 e. The molecule has 21 heavy (non-hydrogen) atoms. The highest BCUT2D eigenvalue weighted by Gasteiger charge is 2.21. The SMILES string of the molecule is CCOC(=O)N1CCN(CCS(=O)c2ccccc2)CC1. The van der Waals surface area contributed by atoms with Crippen LogP contribution in [0.1, 0.15) is 6.92 Å². The largest absolute Gasteiger partial charge is 0.450 e. The van der Waals surface area contributed by atoms with E-state index in [0.717, 1.165) is 24.5 Å². The molecule has 0 bridgehead atoms. The number of amides is 1. The molecule has 1 aromatic rings. The van der Waals surface area contributed by atoms with Crippen molar-refractivity contribution in [2.75, 3.05) is 45.1 Å². The second-order valence-corrected chi connectivity index (χ2v) is 6.46. The van der Waals surface area contributed by atoms with E-state index >= 15 is 0 Å². The van der Waals surface area contributed by atoms with Crippen molar-refractivity contribution in [3.8, 4) is 0 Å². The first-order valence-electron chi connectivity index (χ1n) is 7.28. The molecular formula is C15H22N2O3S. The lowest BCUT2D eigenvalue weighted by Crippen LogP contribution is -2.49. The third-order valence-corrected chi connectivity index (χ3v) is 4.85. The van der Waals surface area contributed by atoms with E-state index in [9.17, 15) is 9.00 Å². The van der Waals surface area contributed by atoms with Crippen molar-refractivity contribution in [1.29, 1.82) is 0 Å². The van der Waals surface area contributed by atoms with Gasteiger partial charge in [0.1, 0.15) is 0 Å². The van der Waals surface area contributed by atoms with Crippen molar-refractivity contribution in [3.05, 3.63) is 30.3 Å². The Labute approximate surface area is 128 Å². The Morgan fingerprint density at radius 1 is 1.19 bits per heavy atom.